The van der Waals surface area contributed by atoms with E-state index in [-0.39, 0.29) is 5.91 Å². The zero-order valence-electron chi connectivity index (χ0n) is 12.7. The van der Waals surface area contributed by atoms with Crippen LogP contribution in [0.1, 0.15) is 36.5 Å². The monoisotopic (exact) mass is 279 g/mol. The van der Waals surface area contributed by atoms with Gasteiger partial charge in [-0.25, -0.2) is 4.98 Å². The molecule has 0 unspecified atom stereocenters. The van der Waals surface area contributed by atoms with Gasteiger partial charge in [-0.05, 0) is 25.0 Å². The van der Waals surface area contributed by atoms with Gasteiger partial charge in [-0.2, -0.15) is 0 Å². The molecule has 0 aliphatic carbocycles. The number of amides is 1. The fourth-order valence-electron chi connectivity index (χ4n) is 1.78. The molecule has 0 saturated carbocycles. The average molecular weight is 279 g/mol. The smallest absolute Gasteiger partial charge is 0.252 e. The zero-order chi connectivity index (χ0) is 14.8. The van der Waals surface area contributed by atoms with E-state index >= 15 is 0 Å². The van der Waals surface area contributed by atoms with Gasteiger partial charge in [0.2, 0.25) is 0 Å². The lowest BCUT2D eigenvalue weighted by atomic mass is 10.2. The lowest BCUT2D eigenvalue weighted by molar-refractivity contribution is 0.0948. The predicted molar refractivity (Wildman–Crippen MR) is 81.2 cm³/mol. The minimum Gasteiger partial charge on any atom is -0.385 e. The van der Waals surface area contributed by atoms with Crippen molar-refractivity contribution in [1.29, 1.82) is 0 Å². The third kappa shape index (κ3) is 5.57. The van der Waals surface area contributed by atoms with Crippen molar-refractivity contribution in [2.45, 2.75) is 26.2 Å². The number of unbranched alkanes of at least 4 members (excludes halogenated alkanes) is 1. The summed E-state index contributed by atoms with van der Waals surface area (Å²) < 4.78 is 4.93. The van der Waals surface area contributed by atoms with Gasteiger partial charge in [0.1, 0.15) is 5.82 Å². The molecule has 1 rings (SSSR count). The minimum atomic E-state index is -0.0867. The summed E-state index contributed by atoms with van der Waals surface area (Å²) in [6.07, 6.45) is 4.74. The molecule has 112 valence electrons. The molecule has 0 aliphatic rings. The van der Waals surface area contributed by atoms with Crippen LogP contribution < -0.4 is 10.2 Å². The first kappa shape index (κ1) is 16.4. The first-order valence-corrected chi connectivity index (χ1v) is 7.13. The van der Waals surface area contributed by atoms with E-state index in [4.69, 9.17) is 4.74 Å². The largest absolute Gasteiger partial charge is 0.385 e. The Bertz CT molecular complexity index is 393. The summed E-state index contributed by atoms with van der Waals surface area (Å²) in [5.41, 5.74) is 0.593. The molecule has 0 bridgehead atoms. The highest BCUT2D eigenvalue weighted by molar-refractivity contribution is 5.94. The van der Waals surface area contributed by atoms with Gasteiger partial charge in [0, 0.05) is 40.1 Å². The van der Waals surface area contributed by atoms with Crippen LogP contribution in [0.3, 0.4) is 0 Å². The number of nitrogens with one attached hydrogen (secondary N) is 1. The van der Waals surface area contributed by atoms with Crippen LogP contribution >= 0.6 is 0 Å². The van der Waals surface area contributed by atoms with E-state index in [9.17, 15) is 4.79 Å². The molecular formula is C15H25N3O2. The number of hydrogen-bond acceptors (Lipinski definition) is 4. The van der Waals surface area contributed by atoms with Crippen molar-refractivity contribution in [2.24, 2.45) is 0 Å². The van der Waals surface area contributed by atoms with Crippen LogP contribution in [0.4, 0.5) is 5.82 Å². The second-order valence-electron chi connectivity index (χ2n) is 4.78. The van der Waals surface area contributed by atoms with Crippen molar-refractivity contribution in [3.63, 3.8) is 0 Å². The Labute approximate surface area is 121 Å². The zero-order valence-corrected chi connectivity index (χ0v) is 12.7. The number of pyridine rings is 1. The molecule has 0 aromatic carbocycles. The van der Waals surface area contributed by atoms with Crippen LogP contribution in [-0.4, -0.2) is 44.7 Å². The Morgan fingerprint density at radius 1 is 1.40 bits per heavy atom. The molecule has 5 nitrogen and oxygen atoms in total. The standard InChI is InChI=1S/C15H25N3O2/c1-4-5-10-18(2)14-8-7-13(12-17-14)15(19)16-9-6-11-20-3/h7-8,12H,4-6,9-11H2,1-3H3,(H,16,19). The molecule has 1 amide bonds. The second-order valence-corrected chi connectivity index (χ2v) is 4.78. The SMILES string of the molecule is CCCCN(C)c1ccc(C(=O)NCCCOC)cn1. The third-order valence-corrected chi connectivity index (χ3v) is 3.06. The highest BCUT2D eigenvalue weighted by Crippen LogP contribution is 2.10. The van der Waals surface area contributed by atoms with Crippen molar-refractivity contribution < 1.29 is 9.53 Å². The second kappa shape index (κ2) is 9.31. The molecule has 0 aliphatic heterocycles. The maximum absolute atomic E-state index is 11.9. The highest BCUT2D eigenvalue weighted by atomic mass is 16.5. The number of carbonyl (C=O) groups is 1. The molecule has 0 fully saturated rings. The number of hydrogen-bond donors (Lipinski definition) is 1. The fraction of sp³-hybridized carbons (Fsp3) is 0.600. The van der Waals surface area contributed by atoms with Crippen LogP contribution in [0.2, 0.25) is 0 Å². The maximum Gasteiger partial charge on any atom is 0.252 e. The molecular weight excluding hydrogens is 254 g/mol. The number of methoxy groups -OCH3 is 1. The molecule has 1 heterocycles. The van der Waals surface area contributed by atoms with Crippen LogP contribution in [0.25, 0.3) is 0 Å². The van der Waals surface area contributed by atoms with E-state index in [2.05, 4.69) is 22.1 Å². The molecule has 0 atom stereocenters. The lowest BCUT2D eigenvalue weighted by Crippen LogP contribution is -2.25. The number of anilines is 1. The summed E-state index contributed by atoms with van der Waals surface area (Å²) >= 11 is 0. The Balaban J connectivity index is 2.46. The number of ether oxygens (including phenoxy) is 1. The number of nitrogens with zero attached hydrogens (tertiary/aromatic N) is 2. The van der Waals surface area contributed by atoms with Gasteiger partial charge in [0.15, 0.2) is 0 Å². The van der Waals surface area contributed by atoms with E-state index < -0.39 is 0 Å². The minimum absolute atomic E-state index is 0.0867. The van der Waals surface area contributed by atoms with E-state index in [1.54, 1.807) is 13.3 Å². The summed E-state index contributed by atoms with van der Waals surface area (Å²) in [5, 5.41) is 2.84. The molecule has 1 aromatic rings. The van der Waals surface area contributed by atoms with Gasteiger partial charge in [0.05, 0.1) is 5.56 Å². The summed E-state index contributed by atoms with van der Waals surface area (Å²) in [7, 11) is 3.67. The Hall–Kier alpha value is -1.62. The summed E-state index contributed by atoms with van der Waals surface area (Å²) in [6, 6.07) is 3.70. The fourth-order valence-corrected chi connectivity index (χ4v) is 1.78. The highest BCUT2D eigenvalue weighted by Gasteiger charge is 2.07. The van der Waals surface area contributed by atoms with Crippen molar-refractivity contribution >= 4 is 11.7 Å². The average Bonchev–Trinajstić information content (AvgIpc) is 2.49. The van der Waals surface area contributed by atoms with E-state index in [1.165, 1.54) is 0 Å². The summed E-state index contributed by atoms with van der Waals surface area (Å²) in [4.78, 5) is 18.3. The summed E-state index contributed by atoms with van der Waals surface area (Å²) in [5.74, 6) is 0.811. The quantitative estimate of drug-likeness (QED) is 0.703. The number of aromatic nitrogens is 1. The summed E-state index contributed by atoms with van der Waals surface area (Å²) in [6.45, 7) is 4.41. The normalized spacial score (nSPS) is 10.3. The first-order chi connectivity index (χ1) is 9.69. The van der Waals surface area contributed by atoms with Gasteiger partial charge in [0.25, 0.3) is 5.91 Å². The van der Waals surface area contributed by atoms with Crippen molar-refractivity contribution in [2.75, 3.05) is 38.8 Å². The topological polar surface area (TPSA) is 54.5 Å². The molecule has 0 spiro atoms. The number of carbonyl (C=O) groups excluding carboxylic acids is 1. The molecule has 5 heteroatoms. The molecule has 0 radical (unpaired) electrons. The Morgan fingerprint density at radius 3 is 2.80 bits per heavy atom. The maximum atomic E-state index is 11.9. The van der Waals surface area contributed by atoms with Crippen molar-refractivity contribution in [3.8, 4) is 0 Å². The molecule has 0 saturated heterocycles. The van der Waals surface area contributed by atoms with E-state index in [1.807, 2.05) is 19.2 Å². The van der Waals surface area contributed by atoms with Gasteiger partial charge in [-0.15, -0.1) is 0 Å². The van der Waals surface area contributed by atoms with Crippen LogP contribution in [0, 0.1) is 0 Å². The predicted octanol–water partition coefficient (Wildman–Crippen LogP) is 2.08. The third-order valence-electron chi connectivity index (χ3n) is 3.06. The Kier molecular flexibility index (Phi) is 7.65. The molecule has 20 heavy (non-hydrogen) atoms. The van der Waals surface area contributed by atoms with Crippen LogP contribution in [-0.2, 0) is 4.74 Å². The van der Waals surface area contributed by atoms with E-state index in [0.717, 1.165) is 31.6 Å². The van der Waals surface area contributed by atoms with Gasteiger partial charge < -0.3 is 15.0 Å². The van der Waals surface area contributed by atoms with Gasteiger partial charge in [-0.1, -0.05) is 13.3 Å². The van der Waals surface area contributed by atoms with Gasteiger partial charge in [-0.3, -0.25) is 4.79 Å². The van der Waals surface area contributed by atoms with Crippen molar-refractivity contribution in [1.82, 2.24) is 10.3 Å². The van der Waals surface area contributed by atoms with Crippen LogP contribution in [0.15, 0.2) is 18.3 Å². The number of rotatable bonds is 9. The molecule has 1 N–H and O–H groups in total. The Morgan fingerprint density at radius 2 is 2.20 bits per heavy atom. The first-order valence-electron chi connectivity index (χ1n) is 7.13. The van der Waals surface area contributed by atoms with Crippen LogP contribution in [0.5, 0.6) is 0 Å². The van der Waals surface area contributed by atoms with Gasteiger partial charge >= 0.3 is 0 Å². The molecule has 1 aromatic heterocycles. The van der Waals surface area contributed by atoms with Crippen molar-refractivity contribution in [3.05, 3.63) is 23.9 Å². The lowest BCUT2D eigenvalue weighted by Gasteiger charge is -2.17. The van der Waals surface area contributed by atoms with E-state index in [0.29, 0.717) is 18.7 Å².